The summed E-state index contributed by atoms with van der Waals surface area (Å²) in [6, 6.07) is 12.1. The number of aromatic hydroxyl groups is 1. The number of aromatic nitrogens is 1. The van der Waals surface area contributed by atoms with Crippen molar-refractivity contribution < 1.29 is 48.2 Å². The Hall–Kier alpha value is -6.65. The number of fused-ring (bicyclic) bond motifs is 2. The van der Waals surface area contributed by atoms with Crippen LogP contribution in [0.15, 0.2) is 72.9 Å². The number of rotatable bonds is 7. The van der Waals surface area contributed by atoms with Crippen molar-refractivity contribution in [3.05, 3.63) is 89.7 Å². The van der Waals surface area contributed by atoms with Gasteiger partial charge in [-0.2, -0.15) is 0 Å². The molecular formula is C46H55N7O10. The number of carbonyl (C=O) groups excluding carboxylic acids is 8. The number of anilines is 1. The smallest absolute Gasteiger partial charge is 0.314 e. The van der Waals surface area contributed by atoms with E-state index in [-0.39, 0.29) is 51.0 Å². The molecule has 3 fully saturated rings. The van der Waals surface area contributed by atoms with E-state index in [0.717, 1.165) is 11.3 Å². The lowest BCUT2D eigenvalue weighted by molar-refractivity contribution is -0.155. The number of hydrogen-bond acceptors (Lipinski definition) is 12. The van der Waals surface area contributed by atoms with Crippen molar-refractivity contribution in [3.63, 3.8) is 0 Å². The molecule has 17 nitrogen and oxygen atoms in total. The van der Waals surface area contributed by atoms with Gasteiger partial charge in [0.2, 0.25) is 23.6 Å². The van der Waals surface area contributed by atoms with Crippen LogP contribution in [0.4, 0.5) is 5.69 Å². The molecule has 0 aliphatic carbocycles. The minimum absolute atomic E-state index is 0.0210. The molecule has 334 valence electrons. The van der Waals surface area contributed by atoms with Gasteiger partial charge in [-0.3, -0.25) is 38.4 Å². The number of cyclic esters (lactones) is 1. The van der Waals surface area contributed by atoms with Crippen LogP contribution in [-0.4, -0.2) is 142 Å². The second-order valence-electron chi connectivity index (χ2n) is 16.5. The van der Waals surface area contributed by atoms with E-state index in [4.69, 9.17) is 4.74 Å². The number of ketones is 2. The molecule has 5 amide bonds. The summed E-state index contributed by atoms with van der Waals surface area (Å²) in [5.74, 6) is -7.10. The molecule has 0 spiro atoms. The zero-order valence-corrected chi connectivity index (χ0v) is 36.2. The number of likely N-dealkylation sites (N-methyl/N-ethyl adjacent to an activating group) is 1. The number of carbonyl (C=O) groups is 8. The number of nitrogens with zero attached hydrogens (tertiary/aromatic N) is 5. The average molecular weight is 866 g/mol. The molecule has 2 aromatic carbocycles. The minimum Gasteiger partial charge on any atom is -0.505 e. The molecule has 0 saturated carbocycles. The van der Waals surface area contributed by atoms with Crippen LogP contribution in [0.1, 0.15) is 79.9 Å². The van der Waals surface area contributed by atoms with E-state index in [2.05, 4.69) is 15.6 Å². The Labute approximate surface area is 366 Å². The molecule has 3 saturated heterocycles. The number of piperidine rings is 1. The molecule has 17 heteroatoms. The Morgan fingerprint density at radius 3 is 2.25 bits per heavy atom. The zero-order chi connectivity index (χ0) is 45.5. The summed E-state index contributed by atoms with van der Waals surface area (Å²) in [4.78, 5) is 124. The Kier molecular flexibility index (Phi) is 14.6. The highest BCUT2D eigenvalue weighted by Crippen LogP contribution is 2.29. The van der Waals surface area contributed by atoms with Gasteiger partial charge in [0.25, 0.3) is 5.91 Å². The number of nitrogens with one attached hydrogen (secondary N) is 2. The molecule has 0 bridgehead atoms. The normalized spacial score (nSPS) is 25.6. The van der Waals surface area contributed by atoms with Gasteiger partial charge >= 0.3 is 5.97 Å². The summed E-state index contributed by atoms with van der Waals surface area (Å²) in [5, 5.41) is 15.6. The summed E-state index contributed by atoms with van der Waals surface area (Å²) < 4.78 is 5.91. The van der Waals surface area contributed by atoms with Crippen molar-refractivity contribution in [2.24, 2.45) is 0 Å². The average Bonchev–Trinajstić information content (AvgIpc) is 3.77. The summed E-state index contributed by atoms with van der Waals surface area (Å²) in [6.45, 7) is 3.10. The van der Waals surface area contributed by atoms with E-state index in [9.17, 15) is 43.5 Å². The van der Waals surface area contributed by atoms with E-state index < -0.39 is 101 Å². The summed E-state index contributed by atoms with van der Waals surface area (Å²) in [5.41, 5.74) is 1.60. The maximum Gasteiger partial charge on any atom is 0.314 e. The molecule has 3 aliphatic rings. The third-order valence-electron chi connectivity index (χ3n) is 12.1. The Bertz CT molecular complexity index is 2220. The third-order valence-corrected chi connectivity index (χ3v) is 12.1. The van der Waals surface area contributed by atoms with Gasteiger partial charge < -0.3 is 40.1 Å². The third kappa shape index (κ3) is 10.4. The number of pyridine rings is 1. The number of hydrogen-bond donors (Lipinski definition) is 3. The maximum absolute atomic E-state index is 15.0. The molecule has 0 radical (unpaired) electrons. The Morgan fingerprint density at radius 2 is 1.59 bits per heavy atom. The van der Waals surface area contributed by atoms with Crippen molar-refractivity contribution in [1.82, 2.24) is 30.3 Å². The van der Waals surface area contributed by atoms with E-state index in [0.29, 0.717) is 12.0 Å². The fourth-order valence-electron chi connectivity index (χ4n) is 8.46. The molecule has 4 heterocycles. The largest absolute Gasteiger partial charge is 0.505 e. The summed E-state index contributed by atoms with van der Waals surface area (Å²) in [7, 11) is 5.28. The zero-order valence-electron chi connectivity index (χ0n) is 36.2. The van der Waals surface area contributed by atoms with Crippen molar-refractivity contribution in [2.75, 3.05) is 39.1 Å². The van der Waals surface area contributed by atoms with Gasteiger partial charge in [-0.25, -0.2) is 4.98 Å². The van der Waals surface area contributed by atoms with Crippen molar-refractivity contribution >= 4 is 52.8 Å². The predicted octanol–water partition coefficient (Wildman–Crippen LogP) is 2.16. The number of Topliss-reactive ketones (excluding diaryl/α,β-unsaturated/α-hetero) is 2. The van der Waals surface area contributed by atoms with Crippen LogP contribution in [0.2, 0.25) is 0 Å². The molecule has 7 atom stereocenters. The van der Waals surface area contributed by atoms with Gasteiger partial charge in [0.05, 0.1) is 12.0 Å². The highest BCUT2D eigenvalue weighted by molar-refractivity contribution is 6.01. The van der Waals surface area contributed by atoms with Gasteiger partial charge in [-0.15, -0.1) is 0 Å². The molecule has 3 aliphatic heterocycles. The lowest BCUT2D eigenvalue weighted by Gasteiger charge is -2.40. The first-order chi connectivity index (χ1) is 30.1. The summed E-state index contributed by atoms with van der Waals surface area (Å²) >= 11 is 0. The number of benzene rings is 2. The molecule has 3 N–H and O–H groups in total. The van der Waals surface area contributed by atoms with E-state index in [1.165, 1.54) is 47.0 Å². The fourth-order valence-corrected chi connectivity index (χ4v) is 8.46. The molecular weight excluding hydrogens is 811 g/mol. The second-order valence-corrected chi connectivity index (χ2v) is 16.5. The molecule has 1 aromatic heterocycles. The highest BCUT2D eigenvalue weighted by atomic mass is 16.5. The number of amides is 5. The van der Waals surface area contributed by atoms with Crippen LogP contribution in [0.3, 0.4) is 0 Å². The first kappa shape index (κ1) is 45.9. The number of esters is 1. The lowest BCUT2D eigenvalue weighted by Crippen LogP contribution is -2.61. The Balaban J connectivity index is 1.44. The van der Waals surface area contributed by atoms with Crippen LogP contribution in [0.25, 0.3) is 0 Å². The standard InChI is InChI=1S/C46H55N7O10/c1-6-33-43(59)52-22-11-14-34(52)44(60)51(5)36(24-28-16-18-30(19-17-28)50(3)4)45(61)53-23-20-31(54)25-35(53)38(56)26-32(29-12-8-7-9-13-29)46(62)63-27(2)39(41(57)48-33)49-42(58)40-37(55)15-10-21-47-40/h7-10,12-13,15-19,21,27,32-36,39,55H,6,11,14,20,22-26H2,1-5H3,(H,48,57)(H,49,58)/t27-,32+,33-,34+,35?,36+,39+/m1/s1. The predicted molar refractivity (Wildman–Crippen MR) is 229 cm³/mol. The van der Waals surface area contributed by atoms with Crippen LogP contribution in [0.5, 0.6) is 5.75 Å². The maximum atomic E-state index is 15.0. The topological polar surface area (TPSA) is 216 Å². The minimum atomic E-state index is -1.65. The molecule has 1 unspecified atom stereocenters. The van der Waals surface area contributed by atoms with Crippen LogP contribution in [0, 0.1) is 0 Å². The quantitative estimate of drug-likeness (QED) is 0.292. The van der Waals surface area contributed by atoms with Gasteiger partial charge in [-0.05, 0) is 61.6 Å². The van der Waals surface area contributed by atoms with Crippen LogP contribution in [-0.2, 0) is 44.7 Å². The van der Waals surface area contributed by atoms with E-state index >= 15 is 0 Å². The van der Waals surface area contributed by atoms with Gasteiger partial charge in [0, 0.05) is 71.8 Å². The van der Waals surface area contributed by atoms with Gasteiger partial charge in [-0.1, -0.05) is 49.4 Å². The monoisotopic (exact) mass is 865 g/mol. The highest BCUT2D eigenvalue weighted by Gasteiger charge is 2.45. The SMILES string of the molecule is CC[C@H]1NC(=O)[C@@H](NC(=O)c2ncccc2O)[C@@H](C)OC(=O)[C@H](c2ccccc2)CC(=O)C2CC(=O)CCN2C(=O)[C@H](Cc2ccc(N(C)C)cc2)N(C)C(=O)[C@@H]2CCCN2C1=O. The molecule has 63 heavy (non-hydrogen) atoms. The van der Waals surface area contributed by atoms with Crippen molar-refractivity contribution in [2.45, 2.75) is 101 Å². The fraction of sp³-hybridized carbons (Fsp3) is 0.457. The van der Waals surface area contributed by atoms with E-state index in [1.807, 2.05) is 43.3 Å². The van der Waals surface area contributed by atoms with E-state index in [1.54, 1.807) is 37.3 Å². The lowest BCUT2D eigenvalue weighted by atomic mass is 9.87. The van der Waals surface area contributed by atoms with Crippen molar-refractivity contribution in [3.8, 4) is 5.75 Å². The molecule has 3 aromatic rings. The first-order valence-corrected chi connectivity index (χ1v) is 21.3. The number of ether oxygens (including phenoxy) is 1. The van der Waals surface area contributed by atoms with Crippen LogP contribution >= 0.6 is 0 Å². The Morgan fingerprint density at radius 1 is 0.889 bits per heavy atom. The second kappa shape index (κ2) is 20.0. The van der Waals surface area contributed by atoms with Gasteiger partial charge in [0.15, 0.2) is 11.5 Å². The first-order valence-electron chi connectivity index (χ1n) is 21.3. The summed E-state index contributed by atoms with van der Waals surface area (Å²) in [6.07, 6.45) is -0.141. The van der Waals surface area contributed by atoms with Crippen molar-refractivity contribution in [1.29, 1.82) is 0 Å². The molecule has 6 rings (SSSR count). The van der Waals surface area contributed by atoms with Gasteiger partial charge in [0.1, 0.15) is 41.8 Å². The van der Waals surface area contributed by atoms with Crippen LogP contribution < -0.4 is 15.5 Å².